The molecule has 0 saturated carbocycles. The molecule has 2 heterocycles. The van der Waals surface area contributed by atoms with Gasteiger partial charge in [-0.2, -0.15) is 0 Å². The number of thiocarbonyl (C=S) groups is 1. The third kappa shape index (κ3) is 3.32. The van der Waals surface area contributed by atoms with Gasteiger partial charge >= 0.3 is 0 Å². The molecular formula is C21H23N3O2S. The number of anilines is 1. The minimum Gasteiger partial charge on any atom is -0.366 e. The lowest BCUT2D eigenvalue weighted by Gasteiger charge is -2.40. The smallest absolute Gasteiger partial charge is 0.265 e. The van der Waals surface area contributed by atoms with Gasteiger partial charge in [0, 0.05) is 24.8 Å². The summed E-state index contributed by atoms with van der Waals surface area (Å²) in [5, 5.41) is 2.67. The Kier molecular flexibility index (Phi) is 4.78. The first kappa shape index (κ1) is 19.0. The average molecular weight is 382 g/mol. The third-order valence-corrected chi connectivity index (χ3v) is 5.37. The number of rotatable bonds is 3. The number of allylic oxidation sites excluding steroid dienone is 1. The first-order valence-corrected chi connectivity index (χ1v) is 9.14. The minimum atomic E-state index is -0.478. The van der Waals surface area contributed by atoms with Gasteiger partial charge in [0.15, 0.2) is 5.11 Å². The molecule has 0 atom stereocenters. The predicted octanol–water partition coefficient (Wildman–Crippen LogP) is 3.13. The van der Waals surface area contributed by atoms with Crippen LogP contribution in [0.4, 0.5) is 5.69 Å². The Morgan fingerprint density at radius 3 is 2.67 bits per heavy atom. The Balaban J connectivity index is 2.02. The van der Waals surface area contributed by atoms with Crippen molar-refractivity contribution in [1.82, 2.24) is 10.2 Å². The van der Waals surface area contributed by atoms with Crippen LogP contribution in [-0.4, -0.2) is 41.0 Å². The molecule has 140 valence electrons. The van der Waals surface area contributed by atoms with Crippen LogP contribution in [0.2, 0.25) is 0 Å². The second-order valence-electron chi connectivity index (χ2n) is 7.34. The monoisotopic (exact) mass is 381 g/mol. The summed E-state index contributed by atoms with van der Waals surface area (Å²) in [5.74, 6) is -0.888. The normalized spacial score (nSPS) is 20.4. The van der Waals surface area contributed by atoms with Crippen molar-refractivity contribution in [2.45, 2.75) is 26.3 Å². The molecule has 0 spiro atoms. The van der Waals surface area contributed by atoms with Crippen LogP contribution in [0.3, 0.4) is 0 Å². The van der Waals surface area contributed by atoms with Crippen LogP contribution in [-0.2, 0) is 9.59 Å². The van der Waals surface area contributed by atoms with Crippen LogP contribution >= 0.6 is 12.2 Å². The number of amides is 2. The van der Waals surface area contributed by atoms with Gasteiger partial charge in [0.2, 0.25) is 0 Å². The van der Waals surface area contributed by atoms with Crippen molar-refractivity contribution in [3.05, 3.63) is 53.6 Å². The SMILES string of the molecule is C=CCN1C(=O)/C(=C\c2ccc3c(c2)C(C)=CC(C)(C)N3C)C(=O)NC1=S. The molecule has 3 rings (SSSR count). The Hall–Kier alpha value is -2.73. The maximum atomic E-state index is 12.7. The molecule has 5 nitrogen and oxygen atoms in total. The van der Waals surface area contributed by atoms with E-state index in [0.29, 0.717) is 0 Å². The molecule has 1 saturated heterocycles. The van der Waals surface area contributed by atoms with Gasteiger partial charge in [-0.05, 0) is 62.3 Å². The largest absolute Gasteiger partial charge is 0.366 e. The summed E-state index contributed by atoms with van der Waals surface area (Å²) in [4.78, 5) is 28.5. The van der Waals surface area contributed by atoms with Crippen LogP contribution in [0.1, 0.15) is 31.9 Å². The van der Waals surface area contributed by atoms with Gasteiger partial charge < -0.3 is 4.90 Å². The van der Waals surface area contributed by atoms with Crippen LogP contribution in [0, 0.1) is 0 Å². The fraction of sp³-hybridized carbons (Fsp3) is 0.286. The molecule has 0 radical (unpaired) electrons. The summed E-state index contributed by atoms with van der Waals surface area (Å²) >= 11 is 5.08. The zero-order valence-corrected chi connectivity index (χ0v) is 16.8. The number of hydrogen-bond donors (Lipinski definition) is 1. The molecule has 2 amide bonds. The topological polar surface area (TPSA) is 52.7 Å². The Morgan fingerprint density at radius 1 is 1.30 bits per heavy atom. The molecule has 2 aliphatic rings. The molecule has 1 fully saturated rings. The molecule has 27 heavy (non-hydrogen) atoms. The van der Waals surface area contributed by atoms with Gasteiger partial charge in [-0.3, -0.25) is 19.8 Å². The van der Waals surface area contributed by atoms with E-state index < -0.39 is 11.8 Å². The van der Waals surface area contributed by atoms with Gasteiger partial charge in [0.05, 0.1) is 5.54 Å². The molecule has 0 bridgehead atoms. The lowest BCUT2D eigenvalue weighted by Crippen LogP contribution is -2.53. The lowest BCUT2D eigenvalue weighted by atomic mass is 9.88. The quantitative estimate of drug-likeness (QED) is 0.378. The highest BCUT2D eigenvalue weighted by Crippen LogP contribution is 2.38. The van der Waals surface area contributed by atoms with Gasteiger partial charge in [-0.15, -0.1) is 6.58 Å². The van der Waals surface area contributed by atoms with Crippen molar-refractivity contribution in [1.29, 1.82) is 0 Å². The van der Waals surface area contributed by atoms with E-state index in [0.717, 1.165) is 16.8 Å². The maximum absolute atomic E-state index is 12.7. The highest BCUT2D eigenvalue weighted by atomic mass is 32.1. The van der Waals surface area contributed by atoms with E-state index in [1.54, 1.807) is 12.2 Å². The fourth-order valence-corrected chi connectivity index (χ4v) is 3.67. The summed E-state index contributed by atoms with van der Waals surface area (Å²) in [5.41, 5.74) is 4.17. The van der Waals surface area contributed by atoms with Crippen LogP contribution in [0.15, 0.2) is 42.5 Å². The van der Waals surface area contributed by atoms with Crippen molar-refractivity contribution < 1.29 is 9.59 Å². The highest BCUT2D eigenvalue weighted by Gasteiger charge is 2.33. The molecule has 0 aliphatic carbocycles. The van der Waals surface area contributed by atoms with E-state index in [1.807, 2.05) is 18.2 Å². The first-order chi connectivity index (χ1) is 12.7. The fourth-order valence-electron chi connectivity index (χ4n) is 3.42. The molecule has 1 aromatic carbocycles. The molecule has 1 N–H and O–H groups in total. The number of fused-ring (bicyclic) bond motifs is 1. The number of nitrogens with one attached hydrogen (secondary N) is 1. The van der Waals surface area contributed by atoms with Gasteiger partial charge in [-0.1, -0.05) is 18.2 Å². The van der Waals surface area contributed by atoms with Crippen molar-refractivity contribution >= 4 is 46.5 Å². The molecule has 1 aromatic rings. The zero-order chi connectivity index (χ0) is 19.9. The Bertz CT molecular complexity index is 927. The van der Waals surface area contributed by atoms with E-state index >= 15 is 0 Å². The van der Waals surface area contributed by atoms with Crippen LogP contribution < -0.4 is 10.2 Å². The first-order valence-electron chi connectivity index (χ1n) is 8.73. The van der Waals surface area contributed by atoms with Crippen LogP contribution in [0.25, 0.3) is 11.6 Å². The van der Waals surface area contributed by atoms with Crippen molar-refractivity contribution in [3.63, 3.8) is 0 Å². The second-order valence-corrected chi connectivity index (χ2v) is 7.73. The molecule has 0 aromatic heterocycles. The maximum Gasteiger partial charge on any atom is 0.265 e. The number of carbonyl (C=O) groups is 2. The van der Waals surface area contributed by atoms with E-state index in [4.69, 9.17) is 12.2 Å². The molecule has 0 unspecified atom stereocenters. The van der Waals surface area contributed by atoms with E-state index in [1.165, 1.54) is 10.5 Å². The number of nitrogens with zero attached hydrogens (tertiary/aromatic N) is 2. The number of hydrogen-bond acceptors (Lipinski definition) is 4. The van der Waals surface area contributed by atoms with Gasteiger partial charge in [-0.25, -0.2) is 0 Å². The zero-order valence-electron chi connectivity index (χ0n) is 16.0. The number of likely N-dealkylation sites (N-methyl/N-ethyl adjacent to an activating group) is 1. The molecule has 2 aliphatic heterocycles. The number of carbonyl (C=O) groups excluding carboxylic acids is 2. The summed E-state index contributed by atoms with van der Waals surface area (Å²) < 4.78 is 0. The third-order valence-electron chi connectivity index (χ3n) is 5.05. The van der Waals surface area contributed by atoms with Gasteiger partial charge in [0.25, 0.3) is 11.8 Å². The summed E-state index contributed by atoms with van der Waals surface area (Å²) in [6.45, 7) is 10.3. The Labute approximate surface area is 165 Å². The Morgan fingerprint density at radius 2 is 2.00 bits per heavy atom. The highest BCUT2D eigenvalue weighted by molar-refractivity contribution is 7.80. The lowest BCUT2D eigenvalue weighted by molar-refractivity contribution is -0.128. The summed E-state index contributed by atoms with van der Waals surface area (Å²) in [7, 11) is 2.06. The van der Waals surface area contributed by atoms with E-state index in [-0.39, 0.29) is 22.8 Å². The second kappa shape index (κ2) is 6.78. The van der Waals surface area contributed by atoms with Crippen molar-refractivity contribution in [2.75, 3.05) is 18.5 Å². The van der Waals surface area contributed by atoms with Crippen LogP contribution in [0.5, 0.6) is 0 Å². The van der Waals surface area contributed by atoms with Crippen molar-refractivity contribution in [2.24, 2.45) is 0 Å². The van der Waals surface area contributed by atoms with E-state index in [9.17, 15) is 9.59 Å². The van der Waals surface area contributed by atoms with Crippen molar-refractivity contribution in [3.8, 4) is 0 Å². The molecular weight excluding hydrogens is 358 g/mol. The predicted molar refractivity (Wildman–Crippen MR) is 113 cm³/mol. The summed E-state index contributed by atoms with van der Waals surface area (Å²) in [6.07, 6.45) is 5.40. The average Bonchev–Trinajstić information content (AvgIpc) is 2.60. The van der Waals surface area contributed by atoms with Gasteiger partial charge in [0.1, 0.15) is 5.57 Å². The molecule has 6 heteroatoms. The summed E-state index contributed by atoms with van der Waals surface area (Å²) in [6, 6.07) is 5.95. The minimum absolute atomic E-state index is 0.0662. The standard InChI is InChI=1S/C21H23N3O2S/c1-6-9-24-19(26)16(18(25)22-20(24)27)11-14-7-8-17-15(10-14)13(2)12-21(3,4)23(17)5/h6-8,10-12H,1,9H2,2-5H3,(H,22,25,27)/b16-11-. The van der Waals surface area contributed by atoms with E-state index in [2.05, 4.69) is 50.7 Å². The number of benzene rings is 1.